The van der Waals surface area contributed by atoms with Crippen LogP contribution in [0.15, 0.2) is 24.3 Å². The van der Waals surface area contributed by atoms with Crippen LogP contribution in [0.25, 0.3) is 0 Å². The summed E-state index contributed by atoms with van der Waals surface area (Å²) in [5, 5.41) is 0. The average molecular weight is 269 g/mol. The Morgan fingerprint density at radius 2 is 2.27 bits per heavy atom. The van der Waals surface area contributed by atoms with E-state index in [1.807, 2.05) is 6.07 Å². The minimum absolute atomic E-state index is 0.637. The molecule has 2 rings (SSSR count). The topological polar surface area (TPSA) is 9.23 Å². The minimum atomic E-state index is 0.637. The van der Waals surface area contributed by atoms with E-state index in [-0.39, 0.29) is 0 Å². The van der Waals surface area contributed by atoms with Gasteiger partial charge in [0.2, 0.25) is 0 Å². The van der Waals surface area contributed by atoms with Crippen molar-refractivity contribution in [3.05, 3.63) is 29.8 Å². The van der Waals surface area contributed by atoms with Gasteiger partial charge in [0.15, 0.2) is 0 Å². The molecule has 0 aliphatic heterocycles. The van der Waals surface area contributed by atoms with E-state index < -0.39 is 0 Å². The molecule has 1 aliphatic rings. The smallest absolute Gasteiger partial charge is 0.119 e. The molecule has 82 valence electrons. The molecular formula is C13H17BrO. The number of ether oxygens (including phenoxy) is 1. The van der Waals surface area contributed by atoms with Gasteiger partial charge >= 0.3 is 0 Å². The number of benzene rings is 1. The summed E-state index contributed by atoms with van der Waals surface area (Å²) < 4.78 is 5.22. The van der Waals surface area contributed by atoms with Gasteiger partial charge in [-0.15, -0.1) is 0 Å². The first-order valence-electron chi connectivity index (χ1n) is 5.56. The monoisotopic (exact) mass is 268 g/mol. The van der Waals surface area contributed by atoms with Gasteiger partial charge in [0.1, 0.15) is 5.75 Å². The molecule has 0 spiro atoms. The lowest BCUT2D eigenvalue weighted by molar-refractivity contribution is 0.308. The van der Waals surface area contributed by atoms with Crippen molar-refractivity contribution in [3.63, 3.8) is 0 Å². The molecule has 1 nitrogen and oxygen atoms in total. The molecule has 15 heavy (non-hydrogen) atoms. The Balaban J connectivity index is 1.96. The number of methoxy groups -OCH3 is 1. The summed E-state index contributed by atoms with van der Waals surface area (Å²) in [6.07, 6.45) is 5.30. The molecule has 1 aliphatic carbocycles. The molecule has 0 heterocycles. The zero-order chi connectivity index (χ0) is 10.7. The fraction of sp³-hybridized carbons (Fsp3) is 0.538. The van der Waals surface area contributed by atoms with Crippen LogP contribution in [-0.4, -0.2) is 11.9 Å². The molecule has 0 radical (unpaired) electrons. The maximum Gasteiger partial charge on any atom is 0.119 e. The van der Waals surface area contributed by atoms with E-state index in [4.69, 9.17) is 4.74 Å². The Morgan fingerprint density at radius 3 is 2.87 bits per heavy atom. The van der Waals surface area contributed by atoms with E-state index in [0.717, 1.165) is 18.1 Å². The summed E-state index contributed by atoms with van der Waals surface area (Å²) >= 11 is 3.80. The fourth-order valence-corrected chi connectivity index (χ4v) is 2.90. The van der Waals surface area contributed by atoms with Crippen molar-refractivity contribution < 1.29 is 4.74 Å². The highest BCUT2D eigenvalue weighted by Crippen LogP contribution is 2.35. The van der Waals surface area contributed by atoms with Crippen LogP contribution < -0.4 is 4.74 Å². The molecule has 1 atom stereocenters. The van der Waals surface area contributed by atoms with Crippen LogP contribution in [0.3, 0.4) is 0 Å². The fourth-order valence-electron chi connectivity index (χ4n) is 1.99. The largest absolute Gasteiger partial charge is 0.497 e. The zero-order valence-corrected chi connectivity index (χ0v) is 10.7. The van der Waals surface area contributed by atoms with Crippen molar-refractivity contribution in [3.8, 4) is 5.75 Å². The first-order chi connectivity index (χ1) is 7.29. The Kier molecular flexibility index (Phi) is 3.68. The van der Waals surface area contributed by atoms with Crippen LogP contribution in [0.4, 0.5) is 0 Å². The van der Waals surface area contributed by atoms with Gasteiger partial charge in [-0.25, -0.2) is 0 Å². The highest BCUT2D eigenvalue weighted by molar-refractivity contribution is 9.09. The maximum atomic E-state index is 5.22. The lowest BCUT2D eigenvalue weighted by Crippen LogP contribution is -2.23. The molecule has 1 aromatic carbocycles. The number of halogens is 1. The van der Waals surface area contributed by atoms with Gasteiger partial charge in [-0.1, -0.05) is 34.5 Å². The standard InChI is InChI=1S/C13H17BrO/c1-15-12-7-2-4-10(8-12)9-13(14)11-5-3-6-11/h2,4,7-8,11,13H,3,5-6,9H2,1H3. The molecule has 1 fully saturated rings. The van der Waals surface area contributed by atoms with E-state index >= 15 is 0 Å². The van der Waals surface area contributed by atoms with Gasteiger partial charge < -0.3 is 4.74 Å². The van der Waals surface area contributed by atoms with Crippen LogP contribution in [0.5, 0.6) is 5.75 Å². The first-order valence-corrected chi connectivity index (χ1v) is 6.48. The lowest BCUT2D eigenvalue weighted by atomic mass is 9.81. The third kappa shape index (κ3) is 2.75. The van der Waals surface area contributed by atoms with Gasteiger partial charge in [-0.05, 0) is 42.9 Å². The summed E-state index contributed by atoms with van der Waals surface area (Å²) in [5.41, 5.74) is 1.36. The van der Waals surface area contributed by atoms with Crippen LogP contribution in [0.1, 0.15) is 24.8 Å². The van der Waals surface area contributed by atoms with Crippen molar-refractivity contribution in [2.24, 2.45) is 5.92 Å². The quantitative estimate of drug-likeness (QED) is 0.755. The summed E-state index contributed by atoms with van der Waals surface area (Å²) in [6.45, 7) is 0. The van der Waals surface area contributed by atoms with Gasteiger partial charge in [0.25, 0.3) is 0 Å². The van der Waals surface area contributed by atoms with E-state index in [1.54, 1.807) is 7.11 Å². The molecule has 0 N–H and O–H groups in total. The number of hydrogen-bond acceptors (Lipinski definition) is 1. The zero-order valence-electron chi connectivity index (χ0n) is 9.08. The Labute approximate surface area is 100.0 Å². The predicted molar refractivity (Wildman–Crippen MR) is 66.8 cm³/mol. The molecule has 0 saturated heterocycles. The van der Waals surface area contributed by atoms with Gasteiger partial charge in [-0.3, -0.25) is 0 Å². The van der Waals surface area contributed by atoms with Crippen LogP contribution in [0, 0.1) is 5.92 Å². The average Bonchev–Trinajstić information content (AvgIpc) is 2.15. The van der Waals surface area contributed by atoms with E-state index in [0.29, 0.717) is 4.83 Å². The second-order valence-corrected chi connectivity index (χ2v) is 5.44. The molecule has 1 saturated carbocycles. The molecule has 0 amide bonds. The summed E-state index contributed by atoms with van der Waals surface area (Å²) in [6, 6.07) is 8.37. The second kappa shape index (κ2) is 5.02. The van der Waals surface area contributed by atoms with Crippen molar-refractivity contribution in [2.45, 2.75) is 30.5 Å². The Hall–Kier alpha value is -0.500. The Bertz CT molecular complexity index is 320. The lowest BCUT2D eigenvalue weighted by Gasteiger charge is -2.30. The summed E-state index contributed by atoms with van der Waals surface area (Å²) in [7, 11) is 1.72. The van der Waals surface area contributed by atoms with Crippen molar-refractivity contribution in [2.75, 3.05) is 7.11 Å². The molecule has 1 unspecified atom stereocenters. The van der Waals surface area contributed by atoms with Gasteiger partial charge in [-0.2, -0.15) is 0 Å². The molecule has 0 aromatic heterocycles. The van der Waals surface area contributed by atoms with Gasteiger partial charge in [0, 0.05) is 4.83 Å². The van der Waals surface area contributed by atoms with Crippen LogP contribution in [-0.2, 0) is 6.42 Å². The maximum absolute atomic E-state index is 5.22. The number of alkyl halides is 1. The first kappa shape index (κ1) is 11.0. The van der Waals surface area contributed by atoms with E-state index in [9.17, 15) is 0 Å². The van der Waals surface area contributed by atoms with Crippen LogP contribution in [0.2, 0.25) is 0 Å². The van der Waals surface area contributed by atoms with Gasteiger partial charge in [0.05, 0.1) is 7.11 Å². The SMILES string of the molecule is COc1cccc(CC(Br)C2CCC2)c1. The van der Waals surface area contributed by atoms with Crippen molar-refractivity contribution in [1.82, 2.24) is 0 Å². The third-order valence-corrected chi connectivity index (χ3v) is 4.30. The normalized spacial score (nSPS) is 18.3. The highest BCUT2D eigenvalue weighted by atomic mass is 79.9. The molecule has 1 aromatic rings. The number of rotatable bonds is 4. The van der Waals surface area contributed by atoms with Crippen LogP contribution >= 0.6 is 15.9 Å². The summed E-state index contributed by atoms with van der Waals surface area (Å²) in [4.78, 5) is 0.637. The predicted octanol–water partition coefficient (Wildman–Crippen LogP) is 3.80. The molecule has 0 bridgehead atoms. The van der Waals surface area contributed by atoms with E-state index in [1.165, 1.54) is 24.8 Å². The third-order valence-electron chi connectivity index (χ3n) is 3.23. The molecular weight excluding hydrogens is 252 g/mol. The molecule has 2 heteroatoms. The second-order valence-electron chi connectivity index (χ2n) is 4.26. The van der Waals surface area contributed by atoms with Crippen molar-refractivity contribution >= 4 is 15.9 Å². The Morgan fingerprint density at radius 1 is 1.47 bits per heavy atom. The minimum Gasteiger partial charge on any atom is -0.497 e. The summed E-state index contributed by atoms with van der Waals surface area (Å²) in [5.74, 6) is 1.84. The van der Waals surface area contributed by atoms with Crippen molar-refractivity contribution in [1.29, 1.82) is 0 Å². The van der Waals surface area contributed by atoms with E-state index in [2.05, 4.69) is 34.1 Å². The number of hydrogen-bond donors (Lipinski definition) is 0. The highest BCUT2D eigenvalue weighted by Gasteiger charge is 2.25.